The second kappa shape index (κ2) is 4.82. The lowest BCUT2D eigenvalue weighted by molar-refractivity contribution is -0.0418. The van der Waals surface area contributed by atoms with Crippen molar-refractivity contribution in [2.75, 3.05) is 6.61 Å². The molecule has 0 aromatic heterocycles. The van der Waals surface area contributed by atoms with Gasteiger partial charge in [0.05, 0.1) is 18.6 Å². The quantitative estimate of drug-likeness (QED) is 0.771. The first-order valence-corrected chi connectivity index (χ1v) is 8.59. The van der Waals surface area contributed by atoms with Gasteiger partial charge in [0.25, 0.3) is 0 Å². The van der Waals surface area contributed by atoms with E-state index in [9.17, 15) is 10.2 Å². The Morgan fingerprint density at radius 2 is 1.88 bits per heavy atom. The standard InChI is InChI=1S/C20H20O5/c1-20(2)17(22)8-13-15(25-20)6-5-11-14-9-23-16-7-10(21)3-4-12(16)19(14)24-18(11)13/h3-7,14,17,19,21-22H,8-9H2,1-2H3/t14-,17?,19-/m1/s1. The zero-order chi connectivity index (χ0) is 17.3. The van der Waals surface area contributed by atoms with Crippen molar-refractivity contribution in [1.82, 2.24) is 0 Å². The Balaban J connectivity index is 1.59. The average molecular weight is 340 g/mol. The summed E-state index contributed by atoms with van der Waals surface area (Å²) in [6.45, 7) is 4.29. The van der Waals surface area contributed by atoms with Gasteiger partial charge in [0.2, 0.25) is 0 Å². The van der Waals surface area contributed by atoms with Crippen molar-refractivity contribution in [3.05, 3.63) is 47.0 Å². The molecule has 130 valence electrons. The van der Waals surface area contributed by atoms with Crippen LogP contribution in [0.2, 0.25) is 0 Å². The molecule has 3 aliphatic rings. The summed E-state index contributed by atoms with van der Waals surface area (Å²) < 4.78 is 18.2. The largest absolute Gasteiger partial charge is 0.508 e. The van der Waals surface area contributed by atoms with E-state index in [0.717, 1.165) is 28.2 Å². The molecule has 5 nitrogen and oxygen atoms in total. The highest BCUT2D eigenvalue weighted by molar-refractivity contribution is 5.58. The molecule has 0 bridgehead atoms. The van der Waals surface area contributed by atoms with Crippen molar-refractivity contribution in [3.8, 4) is 23.0 Å². The lowest BCUT2D eigenvalue weighted by atomic mass is 9.86. The van der Waals surface area contributed by atoms with Gasteiger partial charge in [0.15, 0.2) is 0 Å². The van der Waals surface area contributed by atoms with Crippen LogP contribution in [0, 0.1) is 0 Å². The van der Waals surface area contributed by atoms with Gasteiger partial charge in [0, 0.05) is 29.2 Å². The van der Waals surface area contributed by atoms with Crippen molar-refractivity contribution in [2.24, 2.45) is 0 Å². The molecule has 3 atom stereocenters. The van der Waals surface area contributed by atoms with Crippen LogP contribution in [0.5, 0.6) is 23.0 Å². The van der Waals surface area contributed by atoms with Gasteiger partial charge in [-0.05, 0) is 32.0 Å². The molecule has 0 saturated heterocycles. The maximum absolute atomic E-state index is 10.4. The number of aliphatic hydroxyl groups is 1. The molecule has 5 rings (SSSR count). The molecule has 2 N–H and O–H groups in total. The molecule has 1 unspecified atom stereocenters. The third kappa shape index (κ3) is 2.05. The van der Waals surface area contributed by atoms with Crippen LogP contribution >= 0.6 is 0 Å². The highest BCUT2D eigenvalue weighted by Gasteiger charge is 2.45. The van der Waals surface area contributed by atoms with Gasteiger partial charge in [-0.15, -0.1) is 0 Å². The minimum atomic E-state index is -0.611. The van der Waals surface area contributed by atoms with Crippen LogP contribution in [-0.4, -0.2) is 28.5 Å². The van der Waals surface area contributed by atoms with Gasteiger partial charge in [-0.1, -0.05) is 6.07 Å². The minimum Gasteiger partial charge on any atom is -0.508 e. The van der Waals surface area contributed by atoms with E-state index in [4.69, 9.17) is 14.2 Å². The van der Waals surface area contributed by atoms with Gasteiger partial charge in [-0.25, -0.2) is 0 Å². The van der Waals surface area contributed by atoms with Crippen LogP contribution in [0.3, 0.4) is 0 Å². The lowest BCUT2D eigenvalue weighted by Gasteiger charge is -2.37. The molecule has 0 aliphatic carbocycles. The lowest BCUT2D eigenvalue weighted by Crippen LogP contribution is -2.46. The Labute approximate surface area is 145 Å². The van der Waals surface area contributed by atoms with Crippen LogP contribution in [0.4, 0.5) is 0 Å². The molecule has 0 amide bonds. The highest BCUT2D eigenvalue weighted by Crippen LogP contribution is 2.55. The SMILES string of the molecule is CC1(C)Oc2ccc3c(c2CC1O)O[C@@H]1c2ccc(O)cc2OC[C@H]31. The van der Waals surface area contributed by atoms with Crippen LogP contribution in [0.1, 0.15) is 42.6 Å². The smallest absolute Gasteiger partial charge is 0.138 e. The zero-order valence-corrected chi connectivity index (χ0v) is 14.2. The molecule has 5 heteroatoms. The first-order chi connectivity index (χ1) is 11.9. The topological polar surface area (TPSA) is 68.2 Å². The van der Waals surface area contributed by atoms with E-state index in [1.165, 1.54) is 0 Å². The molecule has 2 aromatic rings. The van der Waals surface area contributed by atoms with E-state index in [1.807, 2.05) is 32.0 Å². The monoisotopic (exact) mass is 340 g/mol. The van der Waals surface area contributed by atoms with Crippen LogP contribution < -0.4 is 14.2 Å². The van der Waals surface area contributed by atoms with Crippen molar-refractivity contribution in [1.29, 1.82) is 0 Å². The minimum absolute atomic E-state index is 0.101. The average Bonchev–Trinajstić information content (AvgIpc) is 2.94. The summed E-state index contributed by atoms with van der Waals surface area (Å²) >= 11 is 0. The van der Waals surface area contributed by atoms with Crippen molar-refractivity contribution in [3.63, 3.8) is 0 Å². The zero-order valence-electron chi connectivity index (χ0n) is 14.2. The van der Waals surface area contributed by atoms with Crippen LogP contribution in [0.15, 0.2) is 30.3 Å². The number of phenolic OH excluding ortho intramolecular Hbond substituents is 1. The Morgan fingerprint density at radius 1 is 1.08 bits per heavy atom. The summed E-state index contributed by atoms with van der Waals surface area (Å²) in [5.74, 6) is 2.54. The van der Waals surface area contributed by atoms with Crippen molar-refractivity contribution >= 4 is 0 Å². The van der Waals surface area contributed by atoms with Crippen LogP contribution in [0.25, 0.3) is 0 Å². The van der Waals surface area contributed by atoms with E-state index in [1.54, 1.807) is 12.1 Å². The maximum Gasteiger partial charge on any atom is 0.138 e. The fourth-order valence-corrected chi connectivity index (χ4v) is 4.03. The molecule has 0 spiro atoms. The summed E-state index contributed by atoms with van der Waals surface area (Å²) in [5, 5.41) is 20.1. The van der Waals surface area contributed by atoms with E-state index in [-0.39, 0.29) is 17.8 Å². The normalized spacial score (nSPS) is 27.7. The molecule has 3 heterocycles. The molecule has 0 radical (unpaired) electrons. The van der Waals surface area contributed by atoms with Gasteiger partial charge in [-0.3, -0.25) is 0 Å². The van der Waals surface area contributed by atoms with Gasteiger partial charge < -0.3 is 24.4 Å². The number of aliphatic hydroxyl groups excluding tert-OH is 1. The van der Waals surface area contributed by atoms with Crippen LogP contribution in [-0.2, 0) is 6.42 Å². The molecular weight excluding hydrogens is 320 g/mol. The number of hydrogen-bond acceptors (Lipinski definition) is 5. The van der Waals surface area contributed by atoms with Crippen molar-refractivity contribution in [2.45, 2.75) is 44.0 Å². The van der Waals surface area contributed by atoms with Gasteiger partial charge in [0.1, 0.15) is 34.7 Å². The Bertz CT molecular complexity index is 873. The number of phenols is 1. The fourth-order valence-electron chi connectivity index (χ4n) is 4.03. The van der Waals surface area contributed by atoms with E-state index >= 15 is 0 Å². The predicted octanol–water partition coefficient (Wildman–Crippen LogP) is 3.08. The molecule has 25 heavy (non-hydrogen) atoms. The number of hydrogen-bond donors (Lipinski definition) is 2. The number of aromatic hydroxyl groups is 1. The molecule has 3 aliphatic heterocycles. The van der Waals surface area contributed by atoms with Gasteiger partial charge >= 0.3 is 0 Å². The Kier molecular flexibility index (Phi) is 2.87. The highest BCUT2D eigenvalue weighted by atomic mass is 16.5. The Morgan fingerprint density at radius 3 is 2.72 bits per heavy atom. The summed E-state index contributed by atoms with van der Waals surface area (Å²) in [7, 11) is 0. The summed E-state index contributed by atoms with van der Waals surface area (Å²) in [4.78, 5) is 0. The summed E-state index contributed by atoms with van der Waals surface area (Å²) in [5.41, 5.74) is 2.36. The van der Waals surface area contributed by atoms with Crippen molar-refractivity contribution < 1.29 is 24.4 Å². The van der Waals surface area contributed by atoms with Gasteiger partial charge in [-0.2, -0.15) is 0 Å². The van der Waals surface area contributed by atoms with E-state index in [2.05, 4.69) is 0 Å². The maximum atomic E-state index is 10.4. The first kappa shape index (κ1) is 14.9. The summed E-state index contributed by atoms with van der Waals surface area (Å²) in [6, 6.07) is 9.15. The summed E-state index contributed by atoms with van der Waals surface area (Å²) in [6.07, 6.45) is -0.218. The third-order valence-electron chi connectivity index (χ3n) is 5.55. The van der Waals surface area contributed by atoms with E-state index < -0.39 is 11.7 Å². The number of rotatable bonds is 0. The molecule has 0 fully saturated rings. The number of benzene rings is 2. The second-order valence-electron chi connectivity index (χ2n) is 7.56. The molecule has 0 saturated carbocycles. The molecule has 2 aromatic carbocycles. The third-order valence-corrected chi connectivity index (χ3v) is 5.55. The Hall–Kier alpha value is -2.40. The first-order valence-electron chi connectivity index (χ1n) is 8.59. The number of fused-ring (bicyclic) bond motifs is 7. The van der Waals surface area contributed by atoms with E-state index in [0.29, 0.717) is 18.8 Å². The molecular formula is C20H20O5. The fraction of sp³-hybridized carbons (Fsp3) is 0.400. The predicted molar refractivity (Wildman–Crippen MR) is 90.6 cm³/mol. The second-order valence-corrected chi connectivity index (χ2v) is 7.56. The number of ether oxygens (including phenoxy) is 3.